The van der Waals surface area contributed by atoms with Crippen LogP contribution in [0, 0.1) is 12.8 Å². The van der Waals surface area contributed by atoms with E-state index >= 15 is 0 Å². The van der Waals surface area contributed by atoms with Crippen LogP contribution in [0.2, 0.25) is 0 Å². The molecule has 0 saturated carbocycles. The summed E-state index contributed by atoms with van der Waals surface area (Å²) in [5.74, 6) is 2.92. The summed E-state index contributed by atoms with van der Waals surface area (Å²) in [5.41, 5.74) is 2.24. The molecule has 0 saturated heterocycles. The average Bonchev–Trinajstić information content (AvgIpc) is 3.41. The highest BCUT2D eigenvalue weighted by Gasteiger charge is 2.26. The second-order valence-corrected chi connectivity index (χ2v) is 10.5. The highest BCUT2D eigenvalue weighted by molar-refractivity contribution is 7.99. The van der Waals surface area contributed by atoms with Crippen molar-refractivity contribution in [2.24, 2.45) is 5.92 Å². The van der Waals surface area contributed by atoms with E-state index in [4.69, 9.17) is 9.51 Å². The third-order valence-electron chi connectivity index (χ3n) is 5.54. The number of thioether (sulfide) groups is 1. The maximum atomic E-state index is 12.4. The molecule has 1 aliphatic carbocycles. The molecule has 8 nitrogen and oxygen atoms in total. The normalized spacial score (nSPS) is 16.4. The summed E-state index contributed by atoms with van der Waals surface area (Å²) >= 11 is 3.16. The van der Waals surface area contributed by atoms with Gasteiger partial charge in [0.1, 0.15) is 16.4 Å². The number of carbonyl (C=O) groups is 1. The molecule has 0 fully saturated rings. The lowest BCUT2D eigenvalue weighted by molar-refractivity contribution is -0.113. The lowest BCUT2D eigenvalue weighted by Gasteiger charge is -2.17. The Bertz CT molecular complexity index is 1290. The highest BCUT2D eigenvalue weighted by atomic mass is 32.2. The number of aryl methyl sites for hydroxylation is 2. The van der Waals surface area contributed by atoms with Crippen LogP contribution in [-0.4, -0.2) is 36.4 Å². The Morgan fingerprint density at radius 1 is 1.42 bits per heavy atom. The fourth-order valence-corrected chi connectivity index (χ4v) is 6.18. The molecule has 4 aromatic heterocycles. The highest BCUT2D eigenvalue weighted by Crippen LogP contribution is 2.40. The number of nitrogens with zero attached hydrogens (tertiary/aromatic N) is 5. The second kappa shape index (κ2) is 7.90. The number of fused-ring (bicyclic) bond motifs is 5. The lowest BCUT2D eigenvalue weighted by Crippen LogP contribution is -2.14. The molecule has 0 unspecified atom stereocenters. The van der Waals surface area contributed by atoms with E-state index in [1.807, 2.05) is 4.40 Å². The summed E-state index contributed by atoms with van der Waals surface area (Å²) in [7, 11) is 0. The van der Waals surface area contributed by atoms with Crippen molar-refractivity contribution < 1.29 is 9.32 Å². The first-order valence-corrected chi connectivity index (χ1v) is 12.3. The van der Waals surface area contributed by atoms with Gasteiger partial charge in [-0.1, -0.05) is 37.7 Å². The van der Waals surface area contributed by atoms with Crippen molar-refractivity contribution in [3.63, 3.8) is 0 Å². The molecular weight excluding hydrogens is 432 g/mol. The Morgan fingerprint density at radius 2 is 2.26 bits per heavy atom. The van der Waals surface area contributed by atoms with Gasteiger partial charge >= 0.3 is 0 Å². The molecule has 0 aliphatic heterocycles. The molecule has 4 heterocycles. The first kappa shape index (κ1) is 20.4. The van der Waals surface area contributed by atoms with Crippen LogP contribution in [0.25, 0.3) is 15.9 Å². The number of rotatable bonds is 5. The monoisotopic (exact) mass is 456 g/mol. The van der Waals surface area contributed by atoms with Gasteiger partial charge in [-0.2, -0.15) is 0 Å². The van der Waals surface area contributed by atoms with Crippen LogP contribution in [-0.2, 0) is 17.6 Å². The molecular formula is C21H24N6O2S2. The SMILES string of the molecule is Cc1cc(NC(=O)CSc2nnc3c4c5c(sc4nc(C(C)C)n23)C[C@@H](C)CC5)no1. The van der Waals surface area contributed by atoms with E-state index in [1.165, 1.54) is 28.6 Å². The third-order valence-corrected chi connectivity index (χ3v) is 7.62. The lowest BCUT2D eigenvalue weighted by atomic mass is 9.89. The van der Waals surface area contributed by atoms with Gasteiger partial charge in [-0.15, -0.1) is 21.5 Å². The zero-order valence-corrected chi connectivity index (χ0v) is 19.6. The Balaban J connectivity index is 1.50. The van der Waals surface area contributed by atoms with Crippen molar-refractivity contribution in [3.8, 4) is 0 Å². The Morgan fingerprint density at radius 3 is 3.00 bits per heavy atom. The maximum Gasteiger partial charge on any atom is 0.236 e. The van der Waals surface area contributed by atoms with Gasteiger partial charge in [0.2, 0.25) is 5.91 Å². The fourth-order valence-electron chi connectivity index (χ4n) is 4.05. The summed E-state index contributed by atoms with van der Waals surface area (Å²) in [6, 6.07) is 1.69. The molecule has 1 aliphatic rings. The molecule has 1 atom stereocenters. The molecule has 4 aromatic rings. The van der Waals surface area contributed by atoms with E-state index < -0.39 is 0 Å². The molecule has 0 spiro atoms. The van der Waals surface area contributed by atoms with Gasteiger partial charge < -0.3 is 9.84 Å². The zero-order valence-electron chi connectivity index (χ0n) is 17.9. The summed E-state index contributed by atoms with van der Waals surface area (Å²) < 4.78 is 7.03. The average molecular weight is 457 g/mol. The number of thiophene rings is 1. The van der Waals surface area contributed by atoms with E-state index in [0.717, 1.165) is 34.5 Å². The van der Waals surface area contributed by atoms with Crippen LogP contribution in [0.15, 0.2) is 15.7 Å². The van der Waals surface area contributed by atoms with E-state index in [9.17, 15) is 4.79 Å². The number of aromatic nitrogens is 5. The van der Waals surface area contributed by atoms with Gasteiger partial charge in [0.25, 0.3) is 0 Å². The minimum absolute atomic E-state index is 0.169. The first-order valence-electron chi connectivity index (χ1n) is 10.5. The Labute approximate surface area is 187 Å². The van der Waals surface area contributed by atoms with E-state index in [-0.39, 0.29) is 17.6 Å². The Hall–Kier alpha value is -2.46. The third kappa shape index (κ3) is 3.71. The van der Waals surface area contributed by atoms with Gasteiger partial charge in [-0.3, -0.25) is 9.20 Å². The van der Waals surface area contributed by atoms with E-state index in [2.05, 4.69) is 41.4 Å². The number of carbonyl (C=O) groups excluding carboxylic acids is 1. The van der Waals surface area contributed by atoms with Crippen molar-refractivity contribution in [1.29, 1.82) is 0 Å². The zero-order chi connectivity index (χ0) is 21.7. The van der Waals surface area contributed by atoms with Crippen LogP contribution in [0.4, 0.5) is 5.82 Å². The van der Waals surface area contributed by atoms with Crippen molar-refractivity contribution in [2.75, 3.05) is 11.1 Å². The molecule has 0 aromatic carbocycles. The smallest absolute Gasteiger partial charge is 0.236 e. The van der Waals surface area contributed by atoms with Crippen LogP contribution in [0.1, 0.15) is 55.1 Å². The molecule has 1 N–H and O–H groups in total. The molecule has 162 valence electrons. The van der Waals surface area contributed by atoms with Crippen LogP contribution < -0.4 is 5.32 Å². The predicted molar refractivity (Wildman–Crippen MR) is 122 cm³/mol. The minimum Gasteiger partial charge on any atom is -0.360 e. The van der Waals surface area contributed by atoms with Crippen molar-refractivity contribution in [2.45, 2.75) is 58.0 Å². The van der Waals surface area contributed by atoms with Gasteiger partial charge in [0.15, 0.2) is 16.6 Å². The van der Waals surface area contributed by atoms with Crippen molar-refractivity contribution in [3.05, 3.63) is 28.1 Å². The number of nitrogens with one attached hydrogen (secondary N) is 1. The first-order chi connectivity index (χ1) is 14.9. The predicted octanol–water partition coefficient (Wildman–Crippen LogP) is 4.61. The van der Waals surface area contributed by atoms with Crippen molar-refractivity contribution in [1.82, 2.24) is 24.7 Å². The standard InChI is InChI=1S/C21H24N6O2S2/c1-10(2)18-23-20-17(13-6-5-11(3)7-14(13)31-20)19-24-25-21(27(18)19)30-9-16(28)22-15-8-12(4)29-26-15/h8,10-11H,5-7,9H2,1-4H3,(H,22,26,28)/t11-/m0/s1. The van der Waals surface area contributed by atoms with Crippen LogP contribution in [0.3, 0.4) is 0 Å². The molecule has 1 amide bonds. The van der Waals surface area contributed by atoms with E-state index in [1.54, 1.807) is 24.3 Å². The maximum absolute atomic E-state index is 12.4. The summed E-state index contributed by atoms with van der Waals surface area (Å²) in [4.78, 5) is 19.9. The van der Waals surface area contributed by atoms with Gasteiger partial charge in [-0.05, 0) is 37.7 Å². The quantitative estimate of drug-likeness (QED) is 0.438. The minimum atomic E-state index is -0.169. The Kier molecular flexibility index (Phi) is 5.21. The van der Waals surface area contributed by atoms with Crippen molar-refractivity contribution >= 4 is 50.7 Å². The topological polar surface area (TPSA) is 98.2 Å². The fraction of sp³-hybridized carbons (Fsp3) is 0.476. The largest absolute Gasteiger partial charge is 0.360 e. The van der Waals surface area contributed by atoms with Crippen LogP contribution in [0.5, 0.6) is 0 Å². The second-order valence-electron chi connectivity index (χ2n) is 8.46. The van der Waals surface area contributed by atoms with E-state index in [0.29, 0.717) is 22.7 Å². The molecule has 31 heavy (non-hydrogen) atoms. The van der Waals surface area contributed by atoms with Gasteiger partial charge in [0.05, 0.1) is 11.1 Å². The summed E-state index contributed by atoms with van der Waals surface area (Å²) in [5, 5.41) is 17.4. The number of anilines is 1. The molecule has 0 radical (unpaired) electrons. The number of amides is 1. The molecule has 10 heteroatoms. The number of hydrogen-bond donors (Lipinski definition) is 1. The number of hydrogen-bond acceptors (Lipinski definition) is 8. The van der Waals surface area contributed by atoms with Gasteiger partial charge in [0, 0.05) is 16.9 Å². The summed E-state index contributed by atoms with van der Waals surface area (Å²) in [6.07, 6.45) is 3.36. The van der Waals surface area contributed by atoms with Crippen LogP contribution >= 0.6 is 23.1 Å². The van der Waals surface area contributed by atoms with Gasteiger partial charge in [-0.25, -0.2) is 4.98 Å². The summed E-state index contributed by atoms with van der Waals surface area (Å²) in [6.45, 7) is 8.34. The molecule has 0 bridgehead atoms. The molecule has 5 rings (SSSR count).